The number of nitrogens with two attached hydrogens (primary N) is 1. The van der Waals surface area contributed by atoms with Gasteiger partial charge in [0, 0.05) is 46.9 Å². The van der Waals surface area contributed by atoms with Crippen LogP contribution in [0.25, 0.3) is 20.7 Å². The number of hydrogen-bond donors (Lipinski definition) is 1. The molecule has 1 saturated heterocycles. The maximum absolute atomic E-state index is 14.5. The number of aromatic nitrogens is 2. The van der Waals surface area contributed by atoms with Gasteiger partial charge >= 0.3 is 0 Å². The molecule has 2 unspecified atom stereocenters. The summed E-state index contributed by atoms with van der Waals surface area (Å²) < 4.78 is 16.3. The zero-order chi connectivity index (χ0) is 19.8. The van der Waals surface area contributed by atoms with Crippen LogP contribution in [0.3, 0.4) is 0 Å². The predicted molar refractivity (Wildman–Crippen MR) is 115 cm³/mol. The third-order valence-corrected chi connectivity index (χ3v) is 6.53. The molecule has 0 aliphatic carbocycles. The van der Waals surface area contributed by atoms with Crippen LogP contribution >= 0.6 is 11.3 Å². The van der Waals surface area contributed by atoms with Crippen LogP contribution in [0.4, 0.5) is 10.1 Å². The van der Waals surface area contributed by atoms with Crippen LogP contribution in [-0.4, -0.2) is 35.9 Å². The minimum atomic E-state index is -1.03. The molecule has 1 fully saturated rings. The first-order valence-electron chi connectivity index (χ1n) is 9.35. The summed E-state index contributed by atoms with van der Waals surface area (Å²) in [6.07, 6.45) is 4.35. The summed E-state index contributed by atoms with van der Waals surface area (Å²) in [4.78, 5) is 6.08. The van der Waals surface area contributed by atoms with Crippen molar-refractivity contribution in [2.45, 2.75) is 38.2 Å². The zero-order valence-corrected chi connectivity index (χ0v) is 16.7. The van der Waals surface area contributed by atoms with E-state index < -0.39 is 6.17 Å². The summed E-state index contributed by atoms with van der Waals surface area (Å²) in [6.45, 7) is 1.81. The number of halogens is 1. The Hall–Kier alpha value is -2.66. The van der Waals surface area contributed by atoms with Gasteiger partial charge in [0.05, 0.1) is 6.04 Å². The number of anilines is 1. The number of nitrogens with zero attached hydrogens (tertiary/aromatic N) is 4. The van der Waals surface area contributed by atoms with Crippen molar-refractivity contribution in [3.05, 3.63) is 35.5 Å². The van der Waals surface area contributed by atoms with E-state index in [0.29, 0.717) is 12.7 Å². The lowest BCUT2D eigenvalue weighted by atomic mass is 9.42. The van der Waals surface area contributed by atoms with E-state index >= 15 is 0 Å². The molecule has 0 spiro atoms. The molecule has 2 atom stereocenters. The number of thiophene rings is 1. The van der Waals surface area contributed by atoms with Crippen molar-refractivity contribution in [2.75, 3.05) is 12.8 Å². The second kappa shape index (κ2) is 7.40. The summed E-state index contributed by atoms with van der Waals surface area (Å²) in [7, 11) is 1.73. The van der Waals surface area contributed by atoms with E-state index in [1.54, 1.807) is 29.3 Å². The maximum Gasteiger partial charge on any atom is 0.270 e. The molecule has 5 nitrogen and oxygen atoms in total. The molecule has 1 aliphatic rings. The summed E-state index contributed by atoms with van der Waals surface area (Å²) in [6, 6.07) is 5.92. The number of rotatable bonds is 3. The first-order chi connectivity index (χ1) is 13.5. The molecular formula is C20H21BFN5S. The minimum Gasteiger partial charge on any atom is -0.398 e. The van der Waals surface area contributed by atoms with Gasteiger partial charge in [-0.3, -0.25) is 9.67 Å². The molecule has 4 rings (SSSR count). The third-order valence-electron chi connectivity index (χ3n) is 5.45. The lowest BCUT2D eigenvalue weighted by Crippen LogP contribution is -2.32. The van der Waals surface area contributed by atoms with E-state index in [1.165, 1.54) is 0 Å². The first-order valence-corrected chi connectivity index (χ1v) is 10.2. The van der Waals surface area contributed by atoms with Gasteiger partial charge in [-0.2, -0.15) is 5.10 Å². The van der Waals surface area contributed by atoms with Crippen LogP contribution < -0.4 is 5.73 Å². The van der Waals surface area contributed by atoms with Gasteiger partial charge in [0.1, 0.15) is 11.0 Å². The predicted octanol–water partition coefficient (Wildman–Crippen LogP) is 4.54. The molecule has 0 amide bonds. The number of nitrogen functional groups attached to an aromatic ring is 1. The Morgan fingerprint density at radius 1 is 1.46 bits per heavy atom. The Balaban J connectivity index is 1.64. The van der Waals surface area contributed by atoms with Gasteiger partial charge in [-0.05, 0) is 49.0 Å². The average molecular weight is 393 g/mol. The highest BCUT2D eigenvalue weighted by molar-refractivity contribution is 7.21. The second-order valence-electron chi connectivity index (χ2n) is 7.39. The highest BCUT2D eigenvalue weighted by atomic mass is 32.1. The van der Waals surface area contributed by atoms with Crippen molar-refractivity contribution < 1.29 is 4.39 Å². The number of nitriles is 1. The fraction of sp³-hybridized carbons (Fsp3) is 0.350. The van der Waals surface area contributed by atoms with Crippen molar-refractivity contribution in [2.24, 2.45) is 4.99 Å². The van der Waals surface area contributed by atoms with E-state index in [4.69, 9.17) is 11.0 Å². The van der Waals surface area contributed by atoms with Crippen molar-refractivity contribution in [3.8, 4) is 16.4 Å². The molecule has 0 saturated carbocycles. The molecule has 142 valence electrons. The van der Waals surface area contributed by atoms with E-state index in [9.17, 15) is 4.39 Å². The van der Waals surface area contributed by atoms with E-state index in [-0.39, 0.29) is 12.8 Å². The molecule has 8 heteroatoms. The second-order valence-corrected chi connectivity index (χ2v) is 8.42. The SMILES string of the molecule is CN=Cc1cc(-c2cc3cn(C4CCB(C#N)CC4F)nc3s2)cc(C)c1N. The van der Waals surface area contributed by atoms with Gasteiger partial charge in [-0.15, -0.1) is 11.3 Å². The average Bonchev–Trinajstić information content (AvgIpc) is 3.24. The number of alkyl halides is 1. The lowest BCUT2D eigenvalue weighted by molar-refractivity contribution is 0.221. The molecule has 1 aliphatic heterocycles. The van der Waals surface area contributed by atoms with Crippen molar-refractivity contribution >= 4 is 40.2 Å². The summed E-state index contributed by atoms with van der Waals surface area (Å²) >= 11 is 1.59. The largest absolute Gasteiger partial charge is 0.398 e. The Morgan fingerprint density at radius 3 is 2.96 bits per heavy atom. The topological polar surface area (TPSA) is 80.0 Å². The van der Waals surface area contributed by atoms with E-state index in [1.807, 2.05) is 19.2 Å². The van der Waals surface area contributed by atoms with Crippen LogP contribution in [0.1, 0.15) is 23.6 Å². The summed E-state index contributed by atoms with van der Waals surface area (Å²) in [5.41, 5.74) is 9.88. The quantitative estimate of drug-likeness (QED) is 0.403. The Morgan fingerprint density at radius 2 is 2.29 bits per heavy atom. The third kappa shape index (κ3) is 3.31. The van der Waals surface area contributed by atoms with E-state index in [2.05, 4.69) is 28.2 Å². The fourth-order valence-corrected chi connectivity index (χ4v) is 4.88. The smallest absolute Gasteiger partial charge is 0.270 e. The molecule has 1 aromatic carbocycles. The van der Waals surface area contributed by atoms with Gasteiger partial charge < -0.3 is 5.73 Å². The van der Waals surface area contributed by atoms with Crippen LogP contribution in [0, 0.1) is 18.2 Å². The molecule has 0 bridgehead atoms. The Kier molecular flexibility index (Phi) is 4.94. The van der Waals surface area contributed by atoms with Crippen molar-refractivity contribution in [1.82, 2.24) is 9.78 Å². The normalized spacial score (nSPS) is 20.1. The van der Waals surface area contributed by atoms with E-state index in [0.717, 1.165) is 43.8 Å². The lowest BCUT2D eigenvalue weighted by Gasteiger charge is -2.27. The molecule has 28 heavy (non-hydrogen) atoms. The highest BCUT2D eigenvalue weighted by Crippen LogP contribution is 2.37. The summed E-state index contributed by atoms with van der Waals surface area (Å²) in [5.74, 6) is 2.19. The standard InChI is InChI=1S/C20H21BFN5S/c1-12-5-13(6-14(9-25-2)19(12)24)18-7-15-10-27(26-20(15)28-18)17-3-4-21(11-23)8-16(17)22/h5-7,9-10,16-17H,3-4,8,24H2,1-2H3. The van der Waals surface area contributed by atoms with Crippen LogP contribution in [-0.2, 0) is 0 Å². The van der Waals surface area contributed by atoms with Gasteiger partial charge in [-0.25, -0.2) is 9.65 Å². The fourth-order valence-electron chi connectivity index (χ4n) is 3.88. The number of hydrogen-bond acceptors (Lipinski definition) is 5. The van der Waals surface area contributed by atoms with Gasteiger partial charge in [0.2, 0.25) is 0 Å². The van der Waals surface area contributed by atoms with Crippen LogP contribution in [0.15, 0.2) is 29.4 Å². The van der Waals surface area contributed by atoms with Crippen molar-refractivity contribution in [3.63, 3.8) is 0 Å². The highest BCUT2D eigenvalue weighted by Gasteiger charge is 2.34. The maximum atomic E-state index is 14.5. The monoisotopic (exact) mass is 393 g/mol. The van der Waals surface area contributed by atoms with Gasteiger partial charge in [-0.1, -0.05) is 6.32 Å². The van der Waals surface area contributed by atoms with Crippen molar-refractivity contribution in [1.29, 1.82) is 5.26 Å². The Bertz CT molecular complexity index is 1060. The molecule has 2 N–H and O–H groups in total. The molecular weight excluding hydrogens is 372 g/mol. The number of fused-ring (bicyclic) bond motifs is 1. The molecule has 2 aromatic heterocycles. The molecule has 3 aromatic rings. The first kappa shape index (κ1) is 18.7. The van der Waals surface area contributed by atoms with Gasteiger partial charge in [0.25, 0.3) is 6.71 Å². The van der Waals surface area contributed by atoms with Gasteiger partial charge in [0.15, 0.2) is 0 Å². The summed E-state index contributed by atoms with van der Waals surface area (Å²) in [5, 5.41) is 14.7. The Labute approximate surface area is 167 Å². The minimum absolute atomic E-state index is 0.177. The number of aryl methyl sites for hydroxylation is 1. The van der Waals surface area contributed by atoms with Crippen LogP contribution in [0.5, 0.6) is 0 Å². The number of benzene rings is 1. The molecule has 3 heterocycles. The number of aliphatic imine (C=N–C) groups is 1. The molecule has 0 radical (unpaired) electrons. The zero-order valence-electron chi connectivity index (χ0n) is 15.9. The van der Waals surface area contributed by atoms with Crippen LogP contribution in [0.2, 0.25) is 12.6 Å².